The van der Waals surface area contributed by atoms with Crippen LogP contribution in [-0.2, 0) is 11.3 Å². The first kappa shape index (κ1) is 20.5. The van der Waals surface area contributed by atoms with Crippen LogP contribution in [0.4, 0.5) is 11.4 Å². The van der Waals surface area contributed by atoms with E-state index in [2.05, 4.69) is 15.5 Å². The number of aromatic nitrogens is 3. The number of anilines is 1. The molecule has 3 aromatic rings. The van der Waals surface area contributed by atoms with Crippen LogP contribution in [0, 0.1) is 17.0 Å². The van der Waals surface area contributed by atoms with Crippen LogP contribution in [0.5, 0.6) is 0 Å². The van der Waals surface area contributed by atoms with Gasteiger partial charge in [-0.3, -0.25) is 14.9 Å². The zero-order chi connectivity index (χ0) is 21.0. The second-order valence-electron chi connectivity index (χ2n) is 6.42. The van der Waals surface area contributed by atoms with Crippen LogP contribution in [-0.4, -0.2) is 30.8 Å². The fraction of sp³-hybridized carbons (Fsp3) is 0.250. The molecule has 0 spiro atoms. The third-order valence-electron chi connectivity index (χ3n) is 4.40. The summed E-state index contributed by atoms with van der Waals surface area (Å²) >= 11 is 1.32. The highest BCUT2D eigenvalue weighted by atomic mass is 32.2. The highest BCUT2D eigenvalue weighted by Crippen LogP contribution is 2.28. The molecular weight excluding hydrogens is 390 g/mol. The average Bonchev–Trinajstić information content (AvgIpc) is 3.12. The second-order valence-corrected chi connectivity index (χ2v) is 7.73. The number of carbonyl (C=O) groups excluding carboxylic acids is 1. The summed E-state index contributed by atoms with van der Waals surface area (Å²) < 4.78 is 1.97. The minimum absolute atomic E-state index is 0.00703. The number of nitro benzene ring substituents is 1. The number of nitrogens with one attached hydrogen (secondary N) is 1. The van der Waals surface area contributed by atoms with E-state index in [1.807, 2.05) is 41.8 Å². The highest BCUT2D eigenvalue weighted by molar-refractivity contribution is 8.00. The van der Waals surface area contributed by atoms with Crippen molar-refractivity contribution in [1.29, 1.82) is 0 Å². The molecule has 0 unspecified atom stereocenters. The maximum atomic E-state index is 12.6. The van der Waals surface area contributed by atoms with Crippen LogP contribution in [0.2, 0.25) is 0 Å². The number of carbonyl (C=O) groups is 1. The van der Waals surface area contributed by atoms with Crippen molar-refractivity contribution in [1.82, 2.24) is 14.8 Å². The third kappa shape index (κ3) is 4.62. The summed E-state index contributed by atoms with van der Waals surface area (Å²) in [6.45, 7) is 6.19. The van der Waals surface area contributed by atoms with Crippen LogP contribution in [0.25, 0.3) is 11.4 Å². The molecule has 0 saturated heterocycles. The van der Waals surface area contributed by atoms with Gasteiger partial charge in [-0.05, 0) is 32.4 Å². The van der Waals surface area contributed by atoms with Gasteiger partial charge in [0, 0.05) is 29.9 Å². The summed E-state index contributed by atoms with van der Waals surface area (Å²) in [4.78, 5) is 23.0. The molecule has 2 aromatic carbocycles. The Kier molecular flexibility index (Phi) is 6.28. The van der Waals surface area contributed by atoms with Gasteiger partial charge >= 0.3 is 0 Å². The van der Waals surface area contributed by atoms with Gasteiger partial charge < -0.3 is 9.88 Å². The summed E-state index contributed by atoms with van der Waals surface area (Å²) in [5.74, 6) is 0.549. The molecule has 1 N–H and O–H groups in total. The molecule has 0 saturated carbocycles. The van der Waals surface area contributed by atoms with Crippen LogP contribution in [0.3, 0.4) is 0 Å². The number of hydrogen-bond acceptors (Lipinski definition) is 6. The number of non-ortho nitro benzene ring substituents is 1. The van der Waals surface area contributed by atoms with E-state index in [9.17, 15) is 14.9 Å². The quantitative estimate of drug-likeness (QED) is 0.353. The number of aryl methyl sites for hydroxylation is 1. The van der Waals surface area contributed by atoms with Gasteiger partial charge in [-0.15, -0.1) is 10.2 Å². The Morgan fingerprint density at radius 2 is 1.97 bits per heavy atom. The molecule has 0 bridgehead atoms. The summed E-state index contributed by atoms with van der Waals surface area (Å²) in [7, 11) is 0. The van der Waals surface area contributed by atoms with Gasteiger partial charge in [0.1, 0.15) is 0 Å². The van der Waals surface area contributed by atoms with E-state index in [0.29, 0.717) is 23.0 Å². The first-order valence-corrected chi connectivity index (χ1v) is 9.99. The maximum Gasteiger partial charge on any atom is 0.269 e. The SMILES string of the molecule is CCn1c(S[C@H](C)C(=O)Nc2ccc([N+](=O)[O-])cc2C)nnc1-c1ccccc1. The smallest absolute Gasteiger partial charge is 0.269 e. The van der Waals surface area contributed by atoms with Gasteiger partial charge in [0.2, 0.25) is 5.91 Å². The molecule has 0 radical (unpaired) electrons. The van der Waals surface area contributed by atoms with E-state index < -0.39 is 10.2 Å². The molecule has 9 heteroatoms. The molecule has 3 rings (SSSR count). The van der Waals surface area contributed by atoms with Crippen molar-refractivity contribution in [2.45, 2.75) is 37.7 Å². The summed E-state index contributed by atoms with van der Waals surface area (Å²) in [6, 6.07) is 14.1. The lowest BCUT2D eigenvalue weighted by Crippen LogP contribution is -2.23. The Hall–Kier alpha value is -3.20. The van der Waals surface area contributed by atoms with Crippen molar-refractivity contribution in [2.24, 2.45) is 0 Å². The standard InChI is InChI=1S/C20H21N5O3S/c1-4-24-18(15-8-6-5-7-9-15)22-23-20(24)29-14(3)19(26)21-17-11-10-16(25(27)28)12-13(17)2/h5-12,14H,4H2,1-3H3,(H,21,26)/t14-/m1/s1. The molecule has 8 nitrogen and oxygen atoms in total. The zero-order valence-corrected chi connectivity index (χ0v) is 17.1. The van der Waals surface area contributed by atoms with E-state index in [1.54, 1.807) is 19.9 Å². The number of amides is 1. The minimum Gasteiger partial charge on any atom is -0.325 e. The largest absolute Gasteiger partial charge is 0.325 e. The highest BCUT2D eigenvalue weighted by Gasteiger charge is 2.21. The van der Waals surface area contributed by atoms with E-state index in [0.717, 1.165) is 11.4 Å². The summed E-state index contributed by atoms with van der Waals surface area (Å²) in [5, 5.41) is 22.5. The van der Waals surface area contributed by atoms with Gasteiger partial charge in [-0.1, -0.05) is 42.1 Å². The number of hydrogen-bond donors (Lipinski definition) is 1. The normalized spacial score (nSPS) is 11.8. The Morgan fingerprint density at radius 1 is 1.24 bits per heavy atom. The lowest BCUT2D eigenvalue weighted by atomic mass is 10.2. The molecular formula is C20H21N5O3S. The lowest BCUT2D eigenvalue weighted by molar-refractivity contribution is -0.384. The molecule has 1 aromatic heterocycles. The van der Waals surface area contributed by atoms with E-state index >= 15 is 0 Å². The fourth-order valence-electron chi connectivity index (χ4n) is 2.81. The molecule has 0 aliphatic heterocycles. The molecule has 150 valence electrons. The predicted molar refractivity (Wildman–Crippen MR) is 113 cm³/mol. The predicted octanol–water partition coefficient (Wildman–Crippen LogP) is 4.30. The van der Waals surface area contributed by atoms with E-state index in [1.165, 1.54) is 23.9 Å². The molecule has 1 heterocycles. The zero-order valence-electron chi connectivity index (χ0n) is 16.3. The Morgan fingerprint density at radius 3 is 2.59 bits per heavy atom. The first-order chi connectivity index (χ1) is 13.9. The van der Waals surface area contributed by atoms with Crippen LogP contribution in [0.15, 0.2) is 53.7 Å². The average molecular weight is 411 g/mol. The topological polar surface area (TPSA) is 103 Å². The molecule has 29 heavy (non-hydrogen) atoms. The van der Waals surface area contributed by atoms with E-state index in [4.69, 9.17) is 0 Å². The van der Waals surface area contributed by atoms with Gasteiger partial charge in [-0.25, -0.2) is 0 Å². The van der Waals surface area contributed by atoms with Gasteiger partial charge in [0.05, 0.1) is 10.2 Å². The monoisotopic (exact) mass is 411 g/mol. The summed E-state index contributed by atoms with van der Waals surface area (Å²) in [6.07, 6.45) is 0. The van der Waals surface area contributed by atoms with Crippen molar-refractivity contribution in [3.63, 3.8) is 0 Å². The Bertz CT molecular complexity index is 1040. The molecule has 0 fully saturated rings. The fourth-order valence-corrected chi connectivity index (χ4v) is 3.72. The van der Waals surface area contributed by atoms with Gasteiger partial charge in [0.25, 0.3) is 5.69 Å². The van der Waals surface area contributed by atoms with Crippen molar-refractivity contribution in [2.75, 3.05) is 5.32 Å². The van der Waals surface area contributed by atoms with Crippen LogP contribution >= 0.6 is 11.8 Å². The Balaban J connectivity index is 1.73. The van der Waals surface area contributed by atoms with Crippen molar-refractivity contribution in [3.8, 4) is 11.4 Å². The number of benzene rings is 2. The Labute approximate surface area is 172 Å². The molecule has 1 atom stereocenters. The minimum atomic E-state index is -0.459. The number of nitrogens with zero attached hydrogens (tertiary/aromatic N) is 4. The van der Waals surface area contributed by atoms with Crippen molar-refractivity contribution < 1.29 is 9.72 Å². The van der Waals surface area contributed by atoms with Crippen LogP contribution in [0.1, 0.15) is 19.4 Å². The van der Waals surface area contributed by atoms with Gasteiger partial charge in [0.15, 0.2) is 11.0 Å². The second kappa shape index (κ2) is 8.87. The first-order valence-electron chi connectivity index (χ1n) is 9.12. The molecule has 0 aliphatic carbocycles. The molecule has 0 aliphatic rings. The number of rotatable bonds is 7. The van der Waals surface area contributed by atoms with E-state index in [-0.39, 0.29) is 11.6 Å². The maximum absolute atomic E-state index is 12.6. The van der Waals surface area contributed by atoms with Gasteiger partial charge in [-0.2, -0.15) is 0 Å². The summed E-state index contributed by atoms with van der Waals surface area (Å²) in [5.41, 5.74) is 2.14. The number of thioether (sulfide) groups is 1. The molecule has 1 amide bonds. The van der Waals surface area contributed by atoms with Crippen LogP contribution < -0.4 is 5.32 Å². The number of nitro groups is 1. The van der Waals surface area contributed by atoms with Crippen molar-refractivity contribution >= 4 is 29.0 Å². The third-order valence-corrected chi connectivity index (χ3v) is 5.48. The lowest BCUT2D eigenvalue weighted by Gasteiger charge is -2.14. The van der Waals surface area contributed by atoms with Crippen molar-refractivity contribution in [3.05, 3.63) is 64.2 Å².